The fourth-order valence-electron chi connectivity index (χ4n) is 3.08. The lowest BCUT2D eigenvalue weighted by Crippen LogP contribution is -2.39. The molecular formula is C21H34N4O3. The summed E-state index contributed by atoms with van der Waals surface area (Å²) in [5.41, 5.74) is 2.20. The van der Waals surface area contributed by atoms with Crippen molar-refractivity contribution in [3.05, 3.63) is 29.3 Å². The molecule has 1 aliphatic rings. The number of benzene rings is 1. The van der Waals surface area contributed by atoms with Crippen LogP contribution in [0.2, 0.25) is 0 Å². The minimum absolute atomic E-state index is 0.279. The summed E-state index contributed by atoms with van der Waals surface area (Å²) in [7, 11) is 1.67. The summed E-state index contributed by atoms with van der Waals surface area (Å²) in [6.07, 6.45) is 2.59. The summed E-state index contributed by atoms with van der Waals surface area (Å²) in [4.78, 5) is 18.3. The lowest BCUT2D eigenvalue weighted by Gasteiger charge is -2.16. The molecule has 1 aliphatic heterocycles. The van der Waals surface area contributed by atoms with Crippen LogP contribution in [0.15, 0.2) is 23.2 Å². The van der Waals surface area contributed by atoms with Gasteiger partial charge in [-0.15, -0.1) is 0 Å². The first-order valence-corrected chi connectivity index (χ1v) is 10.1. The second-order valence-electron chi connectivity index (χ2n) is 6.91. The topological polar surface area (TPSA) is 75.2 Å². The summed E-state index contributed by atoms with van der Waals surface area (Å²) in [6.45, 7) is 8.97. The zero-order valence-electron chi connectivity index (χ0n) is 17.4. The molecule has 0 radical (unpaired) electrons. The van der Waals surface area contributed by atoms with Crippen molar-refractivity contribution in [3.8, 4) is 5.75 Å². The number of nitrogens with zero attached hydrogens (tertiary/aromatic N) is 2. The van der Waals surface area contributed by atoms with Crippen molar-refractivity contribution < 1.29 is 14.3 Å². The Kier molecular flexibility index (Phi) is 9.62. The molecule has 2 N–H and O–H groups in total. The number of carbonyl (C=O) groups excluding carboxylic acids is 1. The van der Waals surface area contributed by atoms with Crippen LogP contribution < -0.4 is 15.4 Å². The number of guanidine groups is 1. The molecule has 1 aromatic carbocycles. The Labute approximate surface area is 168 Å². The van der Waals surface area contributed by atoms with Crippen LogP contribution in [0.25, 0.3) is 0 Å². The van der Waals surface area contributed by atoms with Gasteiger partial charge in [-0.2, -0.15) is 0 Å². The van der Waals surface area contributed by atoms with Gasteiger partial charge in [0.1, 0.15) is 12.4 Å². The largest absolute Gasteiger partial charge is 0.491 e. The van der Waals surface area contributed by atoms with Gasteiger partial charge in [0.25, 0.3) is 0 Å². The van der Waals surface area contributed by atoms with E-state index < -0.39 is 0 Å². The zero-order valence-corrected chi connectivity index (χ0v) is 17.4. The second-order valence-corrected chi connectivity index (χ2v) is 6.91. The Bertz CT molecular complexity index is 649. The first-order valence-electron chi connectivity index (χ1n) is 10.1. The molecule has 1 fully saturated rings. The third-order valence-electron chi connectivity index (χ3n) is 4.59. The van der Waals surface area contributed by atoms with Crippen LogP contribution >= 0.6 is 0 Å². The summed E-state index contributed by atoms with van der Waals surface area (Å²) in [6, 6.07) is 6.17. The molecule has 0 aromatic heterocycles. The van der Waals surface area contributed by atoms with Crippen LogP contribution in [0, 0.1) is 6.92 Å². The van der Waals surface area contributed by atoms with Crippen molar-refractivity contribution >= 4 is 11.9 Å². The van der Waals surface area contributed by atoms with Crippen molar-refractivity contribution in [3.63, 3.8) is 0 Å². The molecule has 1 aromatic rings. The lowest BCUT2D eigenvalue weighted by molar-refractivity contribution is -0.127. The molecule has 7 heteroatoms. The van der Waals surface area contributed by atoms with E-state index in [9.17, 15) is 4.79 Å². The Morgan fingerprint density at radius 3 is 2.86 bits per heavy atom. The van der Waals surface area contributed by atoms with E-state index >= 15 is 0 Å². The summed E-state index contributed by atoms with van der Waals surface area (Å²) in [5, 5.41) is 6.62. The van der Waals surface area contributed by atoms with Crippen LogP contribution in [0.5, 0.6) is 5.75 Å². The average molecular weight is 391 g/mol. The maximum Gasteiger partial charge on any atom is 0.222 e. The molecule has 1 saturated heterocycles. The number of rotatable bonds is 11. The molecule has 156 valence electrons. The minimum Gasteiger partial charge on any atom is -0.491 e. The van der Waals surface area contributed by atoms with Crippen molar-refractivity contribution in [2.45, 2.75) is 39.7 Å². The van der Waals surface area contributed by atoms with Crippen LogP contribution in [0.3, 0.4) is 0 Å². The fourth-order valence-corrected chi connectivity index (χ4v) is 3.08. The maximum absolute atomic E-state index is 11.7. The fraction of sp³-hybridized carbons (Fsp3) is 0.619. The number of amides is 1. The lowest BCUT2D eigenvalue weighted by atomic mass is 10.1. The highest BCUT2D eigenvalue weighted by Gasteiger charge is 2.18. The number of hydrogen-bond donors (Lipinski definition) is 2. The summed E-state index contributed by atoms with van der Waals surface area (Å²) >= 11 is 0. The van der Waals surface area contributed by atoms with Gasteiger partial charge in [-0.25, -0.2) is 4.99 Å². The first kappa shape index (κ1) is 22.0. The average Bonchev–Trinajstić information content (AvgIpc) is 3.09. The standard InChI is InChI=1S/C21H34N4O3/c1-4-22-21(23-10-6-12-25-11-5-7-20(25)26)24-16-18-9-8-17(2)15-19(18)28-14-13-27-3/h8-9,15H,4-7,10-14,16H2,1-3H3,(H2,22,23,24). The monoisotopic (exact) mass is 390 g/mol. The van der Waals surface area contributed by atoms with E-state index in [-0.39, 0.29) is 5.91 Å². The number of aliphatic imine (C=N–C) groups is 1. The van der Waals surface area contributed by atoms with Crippen molar-refractivity contribution in [2.75, 3.05) is 46.5 Å². The Hall–Kier alpha value is -2.28. The van der Waals surface area contributed by atoms with Gasteiger partial charge in [0.05, 0.1) is 13.2 Å². The summed E-state index contributed by atoms with van der Waals surface area (Å²) in [5.74, 6) is 1.91. The first-order chi connectivity index (χ1) is 13.6. The van der Waals surface area contributed by atoms with Gasteiger partial charge in [-0.1, -0.05) is 12.1 Å². The summed E-state index contributed by atoms with van der Waals surface area (Å²) < 4.78 is 10.9. The smallest absolute Gasteiger partial charge is 0.222 e. The Morgan fingerprint density at radius 2 is 2.14 bits per heavy atom. The number of ether oxygens (including phenoxy) is 2. The molecule has 0 aliphatic carbocycles. The van der Waals surface area contributed by atoms with Gasteiger partial charge in [-0.3, -0.25) is 4.79 Å². The van der Waals surface area contributed by atoms with Crippen molar-refractivity contribution in [1.82, 2.24) is 15.5 Å². The molecule has 2 rings (SSSR count). The SMILES string of the molecule is CCNC(=NCc1ccc(C)cc1OCCOC)NCCCN1CCCC1=O. The number of nitrogens with one attached hydrogen (secondary N) is 2. The number of likely N-dealkylation sites (tertiary alicyclic amines) is 1. The van der Waals surface area contributed by atoms with Gasteiger partial charge in [0.2, 0.25) is 5.91 Å². The highest BCUT2D eigenvalue weighted by molar-refractivity contribution is 5.80. The van der Waals surface area contributed by atoms with Gasteiger partial charge in [-0.05, 0) is 38.3 Å². The van der Waals surface area contributed by atoms with Gasteiger partial charge < -0.3 is 25.0 Å². The number of methoxy groups -OCH3 is 1. The number of hydrogen-bond acceptors (Lipinski definition) is 4. The maximum atomic E-state index is 11.7. The van der Waals surface area contributed by atoms with E-state index in [4.69, 9.17) is 9.47 Å². The van der Waals surface area contributed by atoms with E-state index in [0.717, 1.165) is 61.9 Å². The van der Waals surface area contributed by atoms with Crippen LogP contribution in [-0.2, 0) is 16.1 Å². The second kappa shape index (κ2) is 12.2. The van der Waals surface area contributed by atoms with Crippen molar-refractivity contribution in [2.24, 2.45) is 4.99 Å². The van der Waals surface area contributed by atoms with Gasteiger partial charge in [0.15, 0.2) is 5.96 Å². The molecule has 7 nitrogen and oxygen atoms in total. The molecule has 28 heavy (non-hydrogen) atoms. The minimum atomic E-state index is 0.279. The highest BCUT2D eigenvalue weighted by Crippen LogP contribution is 2.21. The third-order valence-corrected chi connectivity index (χ3v) is 4.59. The molecule has 0 spiro atoms. The van der Waals surface area contributed by atoms with E-state index in [1.165, 1.54) is 0 Å². The normalized spacial score (nSPS) is 14.5. The molecule has 1 amide bonds. The van der Waals surface area contributed by atoms with Crippen LogP contribution in [0.4, 0.5) is 0 Å². The highest BCUT2D eigenvalue weighted by atomic mass is 16.5. The van der Waals surface area contributed by atoms with E-state index in [1.807, 2.05) is 24.8 Å². The molecule has 0 atom stereocenters. The number of carbonyl (C=O) groups is 1. The van der Waals surface area contributed by atoms with Gasteiger partial charge >= 0.3 is 0 Å². The van der Waals surface area contributed by atoms with Crippen molar-refractivity contribution in [1.29, 1.82) is 0 Å². The third kappa shape index (κ3) is 7.38. The Balaban J connectivity index is 1.87. The molecule has 0 unspecified atom stereocenters. The van der Waals surface area contributed by atoms with E-state index in [2.05, 4.69) is 27.8 Å². The van der Waals surface area contributed by atoms with E-state index in [1.54, 1.807) is 7.11 Å². The molecular weight excluding hydrogens is 356 g/mol. The van der Waals surface area contributed by atoms with Crippen LogP contribution in [-0.4, -0.2) is 63.3 Å². The van der Waals surface area contributed by atoms with E-state index in [0.29, 0.717) is 26.2 Å². The number of aryl methyl sites for hydroxylation is 1. The van der Waals surface area contributed by atoms with Gasteiger partial charge in [0, 0.05) is 45.3 Å². The molecule has 0 saturated carbocycles. The quantitative estimate of drug-likeness (QED) is 0.344. The predicted octanol–water partition coefficient (Wildman–Crippen LogP) is 2.09. The Morgan fingerprint density at radius 1 is 1.29 bits per heavy atom. The predicted molar refractivity (Wildman–Crippen MR) is 112 cm³/mol. The molecule has 0 bridgehead atoms. The zero-order chi connectivity index (χ0) is 20.2. The molecule has 1 heterocycles. The van der Waals surface area contributed by atoms with Crippen LogP contribution in [0.1, 0.15) is 37.3 Å².